The number of rotatable bonds is 6. The third-order valence-corrected chi connectivity index (χ3v) is 5.73. The minimum Gasteiger partial charge on any atom is -0.548 e. The molecule has 7 heteroatoms. The molecule has 0 aromatic heterocycles. The summed E-state index contributed by atoms with van der Waals surface area (Å²) in [6, 6.07) is 9.67. The Morgan fingerprint density at radius 2 is 1.76 bits per heavy atom. The number of carboxylic acid groups (broad SMARTS) is 1. The topological polar surface area (TPSA) is 86.7 Å². The van der Waals surface area contributed by atoms with E-state index in [2.05, 4.69) is 0 Å². The summed E-state index contributed by atoms with van der Waals surface area (Å²) in [7, 11) is -2.79. The van der Waals surface area contributed by atoms with Crippen LogP contribution in [0.2, 0.25) is 0 Å². The lowest BCUT2D eigenvalue weighted by Gasteiger charge is -2.26. The maximum Gasteiger partial charge on any atom is 0.268 e. The highest BCUT2D eigenvalue weighted by atomic mass is 32.2. The lowest BCUT2D eigenvalue weighted by atomic mass is 10.1. The maximum atomic E-state index is 13.2. The van der Waals surface area contributed by atoms with Gasteiger partial charge in [-0.25, -0.2) is 8.42 Å². The van der Waals surface area contributed by atoms with Gasteiger partial charge in [-0.2, -0.15) is 0 Å². The molecule has 25 heavy (non-hydrogen) atoms. The van der Waals surface area contributed by atoms with Crippen LogP contribution in [0.1, 0.15) is 16.7 Å². The van der Waals surface area contributed by atoms with E-state index in [0.29, 0.717) is 5.56 Å². The smallest absolute Gasteiger partial charge is 0.268 e. The second-order valence-electron chi connectivity index (χ2n) is 5.81. The first-order chi connectivity index (χ1) is 11.7. The Balaban J connectivity index is 2.66. The summed E-state index contributed by atoms with van der Waals surface area (Å²) < 4.78 is 32.3. The lowest BCUT2D eigenvalue weighted by molar-refractivity contribution is -0.303. The number of carbonyl (C=O) groups excluding carboxylic acids is 1. The summed E-state index contributed by atoms with van der Waals surface area (Å²) in [5, 5.41) is 11.2. The molecule has 0 bridgehead atoms. The molecule has 0 atom stereocenters. The van der Waals surface area contributed by atoms with E-state index in [1.54, 1.807) is 37.3 Å². The predicted octanol–water partition coefficient (Wildman–Crippen LogP) is 1.57. The molecule has 0 aliphatic carbocycles. The van der Waals surface area contributed by atoms with E-state index in [-0.39, 0.29) is 16.3 Å². The lowest BCUT2D eigenvalue weighted by Crippen LogP contribution is -2.41. The Morgan fingerprint density at radius 3 is 2.32 bits per heavy atom. The highest BCUT2D eigenvalue weighted by Crippen LogP contribution is 2.31. The fourth-order valence-electron chi connectivity index (χ4n) is 2.42. The highest BCUT2D eigenvalue weighted by Gasteiger charge is 2.28. The average Bonchev–Trinajstić information content (AvgIpc) is 2.55. The summed E-state index contributed by atoms with van der Waals surface area (Å²) in [5.41, 5.74) is 2.80. The molecule has 2 aromatic rings. The Labute approximate surface area is 147 Å². The monoisotopic (exact) mass is 362 g/mol. The van der Waals surface area contributed by atoms with Gasteiger partial charge in [-0.1, -0.05) is 12.1 Å². The number of hydrogen-bond donors (Lipinski definition) is 0. The number of ether oxygens (including phenoxy) is 1. The molecule has 0 heterocycles. The SMILES string of the molecule is COc1ccc(C)cc1S(=O)(=O)N(CC(=O)[O-])c1ccc(C)c(C)c1. The van der Waals surface area contributed by atoms with Gasteiger partial charge in [0.2, 0.25) is 0 Å². The Hall–Kier alpha value is -2.54. The Morgan fingerprint density at radius 1 is 1.08 bits per heavy atom. The predicted molar refractivity (Wildman–Crippen MR) is 93.2 cm³/mol. The van der Waals surface area contributed by atoms with Crippen LogP contribution in [0.25, 0.3) is 0 Å². The molecule has 6 nitrogen and oxygen atoms in total. The van der Waals surface area contributed by atoms with Crippen molar-refractivity contribution in [2.45, 2.75) is 25.7 Å². The molecular weight excluding hydrogens is 342 g/mol. The van der Waals surface area contributed by atoms with Crippen molar-refractivity contribution >= 4 is 21.7 Å². The molecule has 0 N–H and O–H groups in total. The third kappa shape index (κ3) is 3.93. The van der Waals surface area contributed by atoms with Crippen molar-refractivity contribution in [3.8, 4) is 5.75 Å². The van der Waals surface area contributed by atoms with Crippen LogP contribution < -0.4 is 14.1 Å². The number of sulfonamides is 1. The van der Waals surface area contributed by atoms with Gasteiger partial charge in [-0.05, 0) is 61.7 Å². The molecule has 0 aliphatic rings. The summed E-state index contributed by atoms with van der Waals surface area (Å²) in [4.78, 5) is 11.1. The molecule has 0 radical (unpaired) electrons. The molecule has 0 saturated heterocycles. The van der Waals surface area contributed by atoms with Gasteiger partial charge in [-0.15, -0.1) is 0 Å². The van der Waals surface area contributed by atoms with Gasteiger partial charge in [0.25, 0.3) is 10.0 Å². The normalized spacial score (nSPS) is 11.2. The van der Waals surface area contributed by atoms with E-state index in [9.17, 15) is 18.3 Å². The van der Waals surface area contributed by atoms with Crippen LogP contribution in [-0.2, 0) is 14.8 Å². The summed E-state index contributed by atoms with van der Waals surface area (Å²) in [6.45, 7) is 4.68. The number of hydrogen-bond acceptors (Lipinski definition) is 5. The third-order valence-electron chi connectivity index (χ3n) is 3.94. The number of aryl methyl sites for hydroxylation is 3. The zero-order valence-corrected chi connectivity index (χ0v) is 15.4. The molecule has 0 spiro atoms. The molecule has 0 amide bonds. The highest BCUT2D eigenvalue weighted by molar-refractivity contribution is 7.93. The maximum absolute atomic E-state index is 13.2. The first kappa shape index (κ1) is 18.8. The summed E-state index contributed by atoms with van der Waals surface area (Å²) >= 11 is 0. The molecule has 134 valence electrons. The number of benzene rings is 2. The minimum absolute atomic E-state index is 0.0884. The molecule has 2 rings (SSSR count). The standard InChI is InChI=1S/C18H21NO5S/c1-12-5-8-16(24-4)17(9-12)25(22,23)19(11-18(20)21)15-7-6-13(2)14(3)10-15/h5-10H,11H2,1-4H3,(H,20,21)/p-1. The second-order valence-corrected chi connectivity index (χ2v) is 7.64. The fourth-order valence-corrected chi connectivity index (χ4v) is 4.06. The van der Waals surface area contributed by atoms with E-state index in [1.807, 2.05) is 13.8 Å². The zero-order valence-electron chi connectivity index (χ0n) is 14.6. The first-order valence-electron chi connectivity index (χ1n) is 7.61. The van der Waals surface area contributed by atoms with E-state index < -0.39 is 22.5 Å². The quantitative estimate of drug-likeness (QED) is 0.778. The van der Waals surface area contributed by atoms with Gasteiger partial charge in [-0.3, -0.25) is 4.31 Å². The number of aliphatic carboxylic acids is 1. The molecule has 0 fully saturated rings. The molecule has 2 aromatic carbocycles. The fraction of sp³-hybridized carbons (Fsp3) is 0.278. The van der Waals surface area contributed by atoms with Crippen molar-refractivity contribution in [3.63, 3.8) is 0 Å². The van der Waals surface area contributed by atoms with Crippen LogP contribution in [0.5, 0.6) is 5.75 Å². The summed E-state index contributed by atoms with van der Waals surface area (Å²) in [6.07, 6.45) is 0. The molecule has 0 aliphatic heterocycles. The molecule has 0 saturated carbocycles. The van der Waals surface area contributed by atoms with E-state index in [0.717, 1.165) is 15.4 Å². The van der Waals surface area contributed by atoms with Crippen LogP contribution in [0.3, 0.4) is 0 Å². The van der Waals surface area contributed by atoms with Crippen molar-refractivity contribution in [3.05, 3.63) is 53.1 Å². The van der Waals surface area contributed by atoms with Gasteiger partial charge in [0.05, 0.1) is 25.3 Å². The largest absolute Gasteiger partial charge is 0.548 e. The minimum atomic E-state index is -4.16. The van der Waals surface area contributed by atoms with E-state index >= 15 is 0 Å². The number of anilines is 1. The van der Waals surface area contributed by atoms with Crippen LogP contribution in [-0.4, -0.2) is 28.0 Å². The second kappa shape index (κ2) is 7.14. The van der Waals surface area contributed by atoms with Crippen LogP contribution in [0.4, 0.5) is 5.69 Å². The number of methoxy groups -OCH3 is 1. The average molecular weight is 362 g/mol. The summed E-state index contributed by atoms with van der Waals surface area (Å²) in [5.74, 6) is -1.34. The van der Waals surface area contributed by atoms with Gasteiger partial charge >= 0.3 is 0 Å². The van der Waals surface area contributed by atoms with Gasteiger partial charge in [0.15, 0.2) is 0 Å². The van der Waals surface area contributed by atoms with E-state index in [1.165, 1.54) is 13.2 Å². The van der Waals surface area contributed by atoms with Crippen molar-refractivity contribution in [2.75, 3.05) is 18.0 Å². The van der Waals surface area contributed by atoms with Crippen LogP contribution in [0.15, 0.2) is 41.3 Å². The molecule has 0 unspecified atom stereocenters. The number of carboxylic acids is 1. The Bertz CT molecular complexity index is 906. The van der Waals surface area contributed by atoms with E-state index in [4.69, 9.17) is 4.74 Å². The number of nitrogens with zero attached hydrogens (tertiary/aromatic N) is 1. The van der Waals surface area contributed by atoms with Gasteiger partial charge in [0.1, 0.15) is 10.6 Å². The molecular formula is C18H20NO5S-. The van der Waals surface area contributed by atoms with Crippen molar-refractivity contribution in [2.24, 2.45) is 0 Å². The van der Waals surface area contributed by atoms with Gasteiger partial charge < -0.3 is 14.6 Å². The Kier molecular flexibility index (Phi) is 5.37. The number of carbonyl (C=O) groups is 1. The van der Waals surface area contributed by atoms with Crippen molar-refractivity contribution in [1.82, 2.24) is 0 Å². The van der Waals surface area contributed by atoms with Crippen molar-refractivity contribution < 1.29 is 23.1 Å². The first-order valence-corrected chi connectivity index (χ1v) is 9.05. The van der Waals surface area contributed by atoms with Crippen molar-refractivity contribution in [1.29, 1.82) is 0 Å². The van der Waals surface area contributed by atoms with Gasteiger partial charge in [0, 0.05) is 0 Å². The van der Waals surface area contributed by atoms with Crippen LogP contribution in [0, 0.1) is 20.8 Å². The zero-order chi connectivity index (χ0) is 18.8. The van der Waals surface area contributed by atoms with Crippen LogP contribution >= 0.6 is 0 Å².